The van der Waals surface area contributed by atoms with E-state index >= 15 is 0 Å². The van der Waals surface area contributed by atoms with E-state index in [0.29, 0.717) is 22.3 Å². The molecule has 1 saturated heterocycles. The van der Waals surface area contributed by atoms with Crippen LogP contribution in [0.15, 0.2) is 48.5 Å². The molecule has 3 rings (SSSR count). The van der Waals surface area contributed by atoms with Crippen molar-refractivity contribution in [3.63, 3.8) is 0 Å². The average molecular weight is 288 g/mol. The monoisotopic (exact) mass is 287 g/mol. The minimum absolute atomic E-state index is 0.00116. The summed E-state index contributed by atoms with van der Waals surface area (Å²) in [6.07, 6.45) is 0.338. The molecule has 2 aromatic rings. The first-order valence-electron chi connectivity index (χ1n) is 6.48. The van der Waals surface area contributed by atoms with Crippen molar-refractivity contribution in [1.29, 1.82) is 0 Å². The molecule has 1 unspecified atom stereocenters. The molecule has 1 aliphatic rings. The standard InChI is InChI=1S/C16H14ClNO2/c17-13-5-1-11(2-6-13)16(19)12-3-7-14(8-4-12)18-9-15-10-20-15/h1-8,15,18H,9-10H2. The summed E-state index contributed by atoms with van der Waals surface area (Å²) in [5.74, 6) is -0.00116. The Bertz CT molecular complexity index is 603. The van der Waals surface area contributed by atoms with Crippen molar-refractivity contribution in [2.45, 2.75) is 6.10 Å². The highest BCUT2D eigenvalue weighted by atomic mass is 35.5. The average Bonchev–Trinajstić information content (AvgIpc) is 3.30. The van der Waals surface area contributed by atoms with Gasteiger partial charge in [0.2, 0.25) is 0 Å². The first-order chi connectivity index (χ1) is 9.72. The molecule has 4 heteroatoms. The van der Waals surface area contributed by atoms with E-state index in [9.17, 15) is 4.79 Å². The van der Waals surface area contributed by atoms with Crippen molar-refractivity contribution in [3.05, 3.63) is 64.7 Å². The van der Waals surface area contributed by atoms with Gasteiger partial charge in [0.15, 0.2) is 5.78 Å². The lowest BCUT2D eigenvalue weighted by molar-refractivity contribution is 0.103. The van der Waals surface area contributed by atoms with Crippen LogP contribution in [0.5, 0.6) is 0 Å². The fourth-order valence-electron chi connectivity index (χ4n) is 1.92. The predicted octanol–water partition coefficient (Wildman–Crippen LogP) is 3.38. The number of carbonyl (C=O) groups excluding carboxylic acids is 1. The normalized spacial score (nSPS) is 16.8. The zero-order valence-corrected chi connectivity index (χ0v) is 11.6. The number of epoxide rings is 1. The number of carbonyl (C=O) groups is 1. The van der Waals surface area contributed by atoms with Gasteiger partial charge in [-0.2, -0.15) is 0 Å². The topological polar surface area (TPSA) is 41.6 Å². The molecule has 1 N–H and O–H groups in total. The molecule has 1 fully saturated rings. The number of hydrogen-bond acceptors (Lipinski definition) is 3. The summed E-state index contributed by atoms with van der Waals surface area (Å²) in [7, 11) is 0. The van der Waals surface area contributed by atoms with Crippen molar-refractivity contribution in [2.24, 2.45) is 0 Å². The van der Waals surface area contributed by atoms with Crippen molar-refractivity contribution in [1.82, 2.24) is 0 Å². The van der Waals surface area contributed by atoms with Gasteiger partial charge in [0.1, 0.15) is 0 Å². The Morgan fingerprint density at radius 3 is 2.20 bits per heavy atom. The molecule has 3 nitrogen and oxygen atoms in total. The maximum Gasteiger partial charge on any atom is 0.193 e. The summed E-state index contributed by atoms with van der Waals surface area (Å²) in [4.78, 5) is 12.3. The van der Waals surface area contributed by atoms with Crippen LogP contribution in [0.2, 0.25) is 5.02 Å². The van der Waals surface area contributed by atoms with Crippen LogP contribution in [-0.4, -0.2) is 25.0 Å². The molecule has 0 aliphatic carbocycles. The van der Waals surface area contributed by atoms with E-state index in [1.54, 1.807) is 24.3 Å². The van der Waals surface area contributed by atoms with Crippen molar-refractivity contribution < 1.29 is 9.53 Å². The van der Waals surface area contributed by atoms with E-state index in [-0.39, 0.29) is 5.78 Å². The van der Waals surface area contributed by atoms with Crippen LogP contribution >= 0.6 is 11.6 Å². The van der Waals surface area contributed by atoms with Crippen molar-refractivity contribution in [3.8, 4) is 0 Å². The third-order valence-corrected chi connectivity index (χ3v) is 3.44. The van der Waals surface area contributed by atoms with Crippen LogP contribution in [-0.2, 0) is 4.74 Å². The Hall–Kier alpha value is -1.84. The third kappa shape index (κ3) is 3.18. The van der Waals surface area contributed by atoms with Gasteiger partial charge in [-0.05, 0) is 48.5 Å². The molecule has 0 bridgehead atoms. The lowest BCUT2D eigenvalue weighted by Gasteiger charge is -2.06. The van der Waals surface area contributed by atoms with E-state index in [1.165, 1.54) is 0 Å². The molecule has 1 heterocycles. The molecule has 0 aromatic heterocycles. The van der Waals surface area contributed by atoms with Crippen LogP contribution < -0.4 is 5.32 Å². The molecule has 0 spiro atoms. The third-order valence-electron chi connectivity index (χ3n) is 3.19. The SMILES string of the molecule is O=C(c1ccc(Cl)cc1)c1ccc(NCC2CO2)cc1. The lowest BCUT2D eigenvalue weighted by atomic mass is 10.0. The summed E-state index contributed by atoms with van der Waals surface area (Å²) in [5, 5.41) is 3.89. The van der Waals surface area contributed by atoms with Gasteiger partial charge in [-0.1, -0.05) is 11.6 Å². The molecule has 0 saturated carbocycles. The van der Waals surface area contributed by atoms with Crippen molar-refractivity contribution in [2.75, 3.05) is 18.5 Å². The van der Waals surface area contributed by atoms with Gasteiger partial charge in [-0.3, -0.25) is 4.79 Å². The molecule has 2 aromatic carbocycles. The first-order valence-corrected chi connectivity index (χ1v) is 6.86. The molecule has 1 atom stereocenters. The zero-order valence-electron chi connectivity index (χ0n) is 10.8. The maximum atomic E-state index is 12.3. The second-order valence-corrected chi connectivity index (χ2v) is 5.19. The maximum absolute atomic E-state index is 12.3. The van der Waals surface area contributed by atoms with Gasteiger partial charge < -0.3 is 10.1 Å². The number of hydrogen-bond donors (Lipinski definition) is 1. The van der Waals surface area contributed by atoms with Crippen LogP contribution in [0.3, 0.4) is 0 Å². The minimum Gasteiger partial charge on any atom is -0.382 e. The highest BCUT2D eigenvalue weighted by molar-refractivity contribution is 6.30. The van der Waals surface area contributed by atoms with Gasteiger partial charge >= 0.3 is 0 Å². The quantitative estimate of drug-likeness (QED) is 0.677. The second-order valence-electron chi connectivity index (χ2n) is 4.75. The van der Waals surface area contributed by atoms with E-state index in [4.69, 9.17) is 16.3 Å². The minimum atomic E-state index is -0.00116. The van der Waals surface area contributed by atoms with Gasteiger partial charge in [0.05, 0.1) is 12.7 Å². The fourth-order valence-corrected chi connectivity index (χ4v) is 2.05. The van der Waals surface area contributed by atoms with Crippen LogP contribution in [0, 0.1) is 0 Å². The summed E-state index contributed by atoms with van der Waals surface area (Å²) in [5.41, 5.74) is 2.30. The predicted molar refractivity (Wildman–Crippen MR) is 79.6 cm³/mol. The van der Waals surface area contributed by atoms with E-state index in [1.807, 2.05) is 24.3 Å². The Morgan fingerprint density at radius 1 is 1.10 bits per heavy atom. The number of anilines is 1. The highest BCUT2D eigenvalue weighted by Gasteiger charge is 2.21. The summed E-state index contributed by atoms with van der Waals surface area (Å²) >= 11 is 5.82. The van der Waals surface area contributed by atoms with Gasteiger partial charge in [-0.15, -0.1) is 0 Å². The van der Waals surface area contributed by atoms with Gasteiger partial charge in [-0.25, -0.2) is 0 Å². The lowest BCUT2D eigenvalue weighted by Crippen LogP contribution is -2.08. The molecule has 1 aliphatic heterocycles. The summed E-state index contributed by atoms with van der Waals surface area (Å²) in [6.45, 7) is 1.64. The highest BCUT2D eigenvalue weighted by Crippen LogP contribution is 2.17. The first kappa shape index (κ1) is 13.2. The Labute approximate surface area is 122 Å². The van der Waals surface area contributed by atoms with Gasteiger partial charge in [0, 0.05) is 28.4 Å². The second kappa shape index (κ2) is 5.65. The number of rotatable bonds is 5. The largest absolute Gasteiger partial charge is 0.382 e. The van der Waals surface area contributed by atoms with E-state index < -0.39 is 0 Å². The smallest absolute Gasteiger partial charge is 0.193 e. The Balaban J connectivity index is 1.69. The number of halogens is 1. The number of ketones is 1. The summed E-state index contributed by atoms with van der Waals surface area (Å²) < 4.78 is 5.13. The number of ether oxygens (including phenoxy) is 1. The molecule has 0 amide bonds. The van der Waals surface area contributed by atoms with E-state index in [0.717, 1.165) is 18.8 Å². The molecular weight excluding hydrogens is 274 g/mol. The Morgan fingerprint density at radius 2 is 1.65 bits per heavy atom. The zero-order chi connectivity index (χ0) is 13.9. The van der Waals surface area contributed by atoms with Crippen LogP contribution in [0.1, 0.15) is 15.9 Å². The fraction of sp³-hybridized carbons (Fsp3) is 0.188. The number of benzene rings is 2. The van der Waals surface area contributed by atoms with Crippen molar-refractivity contribution >= 4 is 23.1 Å². The molecule has 0 radical (unpaired) electrons. The van der Waals surface area contributed by atoms with Crippen LogP contribution in [0.25, 0.3) is 0 Å². The molecule has 102 valence electrons. The summed E-state index contributed by atoms with van der Waals surface area (Å²) in [6, 6.07) is 14.4. The molecule has 20 heavy (non-hydrogen) atoms. The van der Waals surface area contributed by atoms with Crippen LogP contribution in [0.4, 0.5) is 5.69 Å². The van der Waals surface area contributed by atoms with E-state index in [2.05, 4.69) is 5.32 Å². The van der Waals surface area contributed by atoms with Gasteiger partial charge in [0.25, 0.3) is 0 Å². The molecular formula is C16H14ClNO2. The Kier molecular flexibility index (Phi) is 3.72. The number of nitrogens with one attached hydrogen (secondary N) is 1.